The minimum absolute atomic E-state index is 0.0376. The van der Waals surface area contributed by atoms with Crippen LogP contribution in [0.25, 0.3) is 0 Å². The first-order valence-electron chi connectivity index (χ1n) is 14.5. The number of phenolic OH excluding ortho intramolecular Hbond substituents is 1. The molecule has 0 aromatic heterocycles. The van der Waals surface area contributed by atoms with E-state index in [0.29, 0.717) is 23.2 Å². The van der Waals surface area contributed by atoms with E-state index in [0.717, 1.165) is 60.8 Å². The fourth-order valence-electron chi connectivity index (χ4n) is 5.11. The highest BCUT2D eigenvalue weighted by molar-refractivity contribution is 8.13. The molecule has 0 saturated heterocycles. The zero-order valence-electron chi connectivity index (χ0n) is 25.1. The van der Waals surface area contributed by atoms with Gasteiger partial charge in [0, 0.05) is 24.3 Å². The molecule has 0 heterocycles. The number of benzene rings is 2. The number of allylic oxidation sites excluding steroid dienone is 3. The van der Waals surface area contributed by atoms with Gasteiger partial charge in [-0.1, -0.05) is 73.0 Å². The van der Waals surface area contributed by atoms with Gasteiger partial charge in [0.15, 0.2) is 0 Å². The highest BCUT2D eigenvalue weighted by atomic mass is 32.2. The van der Waals surface area contributed by atoms with Crippen LogP contribution in [0.5, 0.6) is 11.5 Å². The fraction of sp³-hybridized carbons (Fsp3) is 0.485. The second kappa shape index (κ2) is 15.6. The first-order valence-corrected chi connectivity index (χ1v) is 16.9. The maximum atomic E-state index is 12.5. The smallest absolute Gasteiger partial charge is 0.296 e. The lowest BCUT2D eigenvalue weighted by Gasteiger charge is -2.32. The molecule has 0 saturated carbocycles. The molecule has 224 valence electrons. The third-order valence-electron chi connectivity index (χ3n) is 7.40. The molecule has 0 aliphatic heterocycles. The molecule has 8 heteroatoms. The number of thioether (sulfide) groups is 1. The Morgan fingerprint density at radius 2 is 1.88 bits per heavy atom. The number of ether oxygens (including phenoxy) is 1. The van der Waals surface area contributed by atoms with Crippen LogP contribution in [0.1, 0.15) is 81.9 Å². The lowest BCUT2D eigenvalue weighted by Crippen LogP contribution is -2.19. The van der Waals surface area contributed by atoms with Gasteiger partial charge in [-0.2, -0.15) is 8.42 Å². The van der Waals surface area contributed by atoms with Gasteiger partial charge >= 0.3 is 0 Å². The second-order valence-electron chi connectivity index (χ2n) is 10.9. The van der Waals surface area contributed by atoms with Gasteiger partial charge < -0.3 is 9.84 Å². The Morgan fingerprint density at radius 1 is 1.15 bits per heavy atom. The molecule has 1 aliphatic rings. The minimum Gasteiger partial charge on any atom is -0.507 e. The van der Waals surface area contributed by atoms with Crippen LogP contribution in [0.4, 0.5) is 0 Å². The summed E-state index contributed by atoms with van der Waals surface area (Å²) in [4.78, 5) is 4.51. The predicted octanol–water partition coefficient (Wildman–Crippen LogP) is 8.34. The van der Waals surface area contributed by atoms with Crippen molar-refractivity contribution in [2.24, 2.45) is 10.9 Å². The maximum Gasteiger partial charge on any atom is 0.296 e. The van der Waals surface area contributed by atoms with E-state index in [9.17, 15) is 13.5 Å². The SMILES string of the molecule is C=C(C)[C@@H]1CCC(C)=C[C@H]1c1c(O)cc(CCCCC)cc1O/C(=N\C)SCCCOS(=O)(=O)c1ccc(C)cc1. The molecule has 2 atom stereocenters. The van der Waals surface area contributed by atoms with Crippen LogP contribution in [0.15, 0.2) is 70.1 Å². The van der Waals surface area contributed by atoms with Crippen molar-refractivity contribution in [3.8, 4) is 11.5 Å². The summed E-state index contributed by atoms with van der Waals surface area (Å²) in [6, 6.07) is 10.5. The molecule has 0 bridgehead atoms. The van der Waals surface area contributed by atoms with E-state index in [1.165, 1.54) is 17.3 Å². The Labute approximate surface area is 251 Å². The number of phenols is 1. The van der Waals surface area contributed by atoms with E-state index in [4.69, 9.17) is 8.92 Å². The van der Waals surface area contributed by atoms with Crippen molar-refractivity contribution >= 4 is 27.1 Å². The van der Waals surface area contributed by atoms with E-state index in [-0.39, 0.29) is 29.1 Å². The summed E-state index contributed by atoms with van der Waals surface area (Å²) in [5.74, 6) is 1.59. The van der Waals surface area contributed by atoms with E-state index < -0.39 is 10.1 Å². The number of hydrogen-bond acceptors (Lipinski definition) is 7. The third-order valence-corrected chi connectivity index (χ3v) is 9.74. The highest BCUT2D eigenvalue weighted by Crippen LogP contribution is 2.47. The van der Waals surface area contributed by atoms with Crippen molar-refractivity contribution in [1.82, 2.24) is 0 Å². The van der Waals surface area contributed by atoms with Crippen molar-refractivity contribution in [2.45, 2.75) is 83.5 Å². The molecular weight excluding hydrogens is 554 g/mol. The van der Waals surface area contributed by atoms with Gasteiger partial charge in [0.2, 0.25) is 0 Å². The number of aryl methyl sites for hydroxylation is 2. The van der Waals surface area contributed by atoms with Crippen LogP contribution in [0, 0.1) is 12.8 Å². The molecule has 1 aliphatic carbocycles. The first-order chi connectivity index (χ1) is 19.6. The summed E-state index contributed by atoms with van der Waals surface area (Å²) < 4.78 is 36.6. The summed E-state index contributed by atoms with van der Waals surface area (Å²) in [5, 5.41) is 11.8. The zero-order valence-corrected chi connectivity index (χ0v) is 26.7. The Balaban J connectivity index is 1.74. The summed E-state index contributed by atoms with van der Waals surface area (Å²) in [6.07, 6.45) is 8.88. The van der Waals surface area contributed by atoms with E-state index in [1.807, 2.05) is 19.1 Å². The van der Waals surface area contributed by atoms with E-state index in [1.54, 1.807) is 31.3 Å². The molecule has 0 fully saturated rings. The molecule has 0 spiro atoms. The highest BCUT2D eigenvalue weighted by Gasteiger charge is 2.31. The third kappa shape index (κ3) is 9.48. The Morgan fingerprint density at radius 3 is 2.54 bits per heavy atom. The number of aliphatic imine (C=N–C) groups is 1. The van der Waals surface area contributed by atoms with E-state index >= 15 is 0 Å². The Bertz CT molecular complexity index is 1350. The fourth-order valence-corrected chi connectivity index (χ4v) is 6.77. The van der Waals surface area contributed by atoms with Gasteiger partial charge in [0.25, 0.3) is 15.3 Å². The van der Waals surface area contributed by atoms with Gasteiger partial charge in [-0.05, 0) is 88.6 Å². The van der Waals surface area contributed by atoms with Crippen molar-refractivity contribution in [2.75, 3.05) is 19.4 Å². The monoisotopic (exact) mass is 599 g/mol. The van der Waals surface area contributed by atoms with Crippen LogP contribution in [0.2, 0.25) is 0 Å². The lowest BCUT2D eigenvalue weighted by atomic mass is 9.73. The number of aromatic hydroxyl groups is 1. The van der Waals surface area contributed by atoms with Gasteiger partial charge in [-0.25, -0.2) is 4.99 Å². The van der Waals surface area contributed by atoms with Gasteiger partial charge in [-0.3, -0.25) is 4.18 Å². The summed E-state index contributed by atoms with van der Waals surface area (Å²) in [5.41, 5.74) is 5.18. The van der Waals surface area contributed by atoms with Crippen LogP contribution < -0.4 is 4.74 Å². The molecule has 2 aromatic carbocycles. The van der Waals surface area contributed by atoms with Crippen LogP contribution in [-0.2, 0) is 20.7 Å². The van der Waals surface area contributed by atoms with Gasteiger partial charge in [0.1, 0.15) is 11.5 Å². The molecular formula is C33H45NO5S2. The van der Waals surface area contributed by atoms with Crippen molar-refractivity contribution in [3.63, 3.8) is 0 Å². The van der Waals surface area contributed by atoms with Gasteiger partial charge in [-0.15, -0.1) is 0 Å². The first kappa shape index (κ1) is 33.0. The Kier molecular flexibility index (Phi) is 12.6. The lowest BCUT2D eigenvalue weighted by molar-refractivity contribution is 0.319. The summed E-state index contributed by atoms with van der Waals surface area (Å²) in [7, 11) is -2.12. The minimum atomic E-state index is -3.80. The molecule has 0 amide bonds. The number of nitrogens with zero attached hydrogens (tertiary/aromatic N) is 1. The number of hydrogen-bond donors (Lipinski definition) is 1. The topological polar surface area (TPSA) is 85.2 Å². The summed E-state index contributed by atoms with van der Waals surface area (Å²) >= 11 is 1.40. The number of rotatable bonds is 13. The maximum absolute atomic E-state index is 12.5. The van der Waals surface area contributed by atoms with Crippen LogP contribution >= 0.6 is 11.8 Å². The standard InChI is InChI=1S/C33H45NO5S2/c1-7-8-9-11-26-21-30(35)32(29-20-25(5)14-17-28(29)23(2)3)31(22-26)39-33(34-6)40-19-10-18-38-41(36,37)27-15-12-24(4)13-16-27/h12-13,15-16,20-22,28-29,35H,2,7-11,14,17-19H2,1,3-6H3/b34-33+/t28-,29+/m0/s1. The van der Waals surface area contributed by atoms with Crippen molar-refractivity contribution < 1.29 is 22.4 Å². The summed E-state index contributed by atoms with van der Waals surface area (Å²) in [6.45, 7) is 12.6. The van der Waals surface area contributed by atoms with Crippen LogP contribution in [0.3, 0.4) is 0 Å². The predicted molar refractivity (Wildman–Crippen MR) is 171 cm³/mol. The van der Waals surface area contributed by atoms with Gasteiger partial charge in [0.05, 0.1) is 11.5 Å². The largest absolute Gasteiger partial charge is 0.507 e. The molecule has 6 nitrogen and oxygen atoms in total. The molecule has 41 heavy (non-hydrogen) atoms. The molecule has 1 N–H and O–H groups in total. The average molecular weight is 600 g/mol. The molecule has 2 aromatic rings. The van der Waals surface area contributed by atoms with Crippen LogP contribution in [-0.4, -0.2) is 38.2 Å². The second-order valence-corrected chi connectivity index (χ2v) is 13.6. The average Bonchev–Trinajstić information content (AvgIpc) is 2.92. The zero-order chi connectivity index (χ0) is 30.0. The van der Waals surface area contributed by atoms with E-state index in [2.05, 4.69) is 38.4 Å². The van der Waals surface area contributed by atoms with Crippen molar-refractivity contribution in [1.29, 1.82) is 0 Å². The molecule has 0 radical (unpaired) electrons. The molecule has 3 rings (SSSR count). The Hall–Kier alpha value is -2.55. The quantitative estimate of drug-likeness (QED) is 0.0819. The molecule has 0 unspecified atom stereocenters. The normalized spacial score (nSPS) is 17.8. The van der Waals surface area contributed by atoms with Crippen molar-refractivity contribution in [3.05, 3.63) is 76.9 Å². The number of unbranched alkanes of at least 4 members (excludes halogenated alkanes) is 2.